The van der Waals surface area contributed by atoms with Crippen molar-refractivity contribution in [3.05, 3.63) is 41.1 Å². The second kappa shape index (κ2) is 4.10. The Morgan fingerprint density at radius 3 is 2.83 bits per heavy atom. The predicted molar refractivity (Wildman–Crippen MR) is 76.1 cm³/mol. The fraction of sp³-hybridized carbons (Fsp3) is 0.0769. The first-order chi connectivity index (χ1) is 8.66. The third kappa shape index (κ3) is 1.67. The molecule has 0 bridgehead atoms. The van der Waals surface area contributed by atoms with E-state index in [2.05, 4.69) is 25.9 Å². The van der Waals surface area contributed by atoms with Crippen molar-refractivity contribution in [3.8, 4) is 11.4 Å². The number of hydrogen-bond donors (Lipinski definition) is 1. The topological polar surface area (TPSA) is 56.7 Å². The summed E-state index contributed by atoms with van der Waals surface area (Å²) >= 11 is 3.39. The first-order valence-electron chi connectivity index (χ1n) is 5.48. The van der Waals surface area contributed by atoms with Gasteiger partial charge in [-0.1, -0.05) is 0 Å². The molecule has 0 amide bonds. The van der Waals surface area contributed by atoms with Gasteiger partial charge in [0, 0.05) is 29.0 Å². The summed E-state index contributed by atoms with van der Waals surface area (Å²) in [7, 11) is 1.98. The van der Waals surface area contributed by atoms with E-state index in [0.717, 1.165) is 26.9 Å². The van der Waals surface area contributed by atoms with Gasteiger partial charge in [-0.25, -0.2) is 4.98 Å². The summed E-state index contributed by atoms with van der Waals surface area (Å²) in [6.07, 6.45) is 3.56. The Bertz CT molecular complexity index is 733. The van der Waals surface area contributed by atoms with E-state index in [1.165, 1.54) is 0 Å². The van der Waals surface area contributed by atoms with Crippen LogP contribution in [0.4, 0.5) is 5.69 Å². The molecule has 0 fully saturated rings. The molecule has 0 saturated heterocycles. The van der Waals surface area contributed by atoms with Gasteiger partial charge < -0.3 is 10.3 Å². The normalized spacial score (nSPS) is 11.0. The summed E-state index contributed by atoms with van der Waals surface area (Å²) in [5.74, 6) is 0.886. The first kappa shape index (κ1) is 11.2. The van der Waals surface area contributed by atoms with Crippen molar-refractivity contribution in [3.63, 3.8) is 0 Å². The van der Waals surface area contributed by atoms with E-state index in [1.54, 1.807) is 6.20 Å². The van der Waals surface area contributed by atoms with Gasteiger partial charge in [-0.05, 0) is 40.2 Å². The molecule has 18 heavy (non-hydrogen) atoms. The number of halogens is 1. The van der Waals surface area contributed by atoms with Crippen LogP contribution in [0, 0.1) is 0 Å². The predicted octanol–water partition coefficient (Wildman–Crippen LogP) is 2.98. The van der Waals surface area contributed by atoms with Crippen LogP contribution in [-0.2, 0) is 7.05 Å². The maximum atomic E-state index is 5.91. The van der Waals surface area contributed by atoms with Crippen LogP contribution < -0.4 is 5.73 Å². The van der Waals surface area contributed by atoms with Crippen molar-refractivity contribution in [2.75, 3.05) is 5.73 Å². The fourth-order valence-corrected chi connectivity index (χ4v) is 2.22. The quantitative estimate of drug-likeness (QED) is 0.703. The van der Waals surface area contributed by atoms with E-state index in [-0.39, 0.29) is 0 Å². The maximum absolute atomic E-state index is 5.91. The minimum absolute atomic E-state index is 0.706. The number of hydrogen-bond acceptors (Lipinski definition) is 3. The number of nitrogen functional groups attached to an aromatic ring is 1. The Kier molecular flexibility index (Phi) is 2.56. The molecule has 1 aromatic carbocycles. The highest BCUT2D eigenvalue weighted by Gasteiger charge is 2.10. The minimum Gasteiger partial charge on any atom is -0.398 e. The van der Waals surface area contributed by atoms with Gasteiger partial charge in [0.05, 0.1) is 17.2 Å². The van der Waals surface area contributed by atoms with Crippen LogP contribution in [0.5, 0.6) is 0 Å². The zero-order valence-corrected chi connectivity index (χ0v) is 11.3. The van der Waals surface area contributed by atoms with E-state index >= 15 is 0 Å². The summed E-state index contributed by atoms with van der Waals surface area (Å²) in [5.41, 5.74) is 9.55. The van der Waals surface area contributed by atoms with Gasteiger partial charge in [0.2, 0.25) is 0 Å². The van der Waals surface area contributed by atoms with Crippen LogP contribution in [0.3, 0.4) is 0 Å². The van der Waals surface area contributed by atoms with Gasteiger partial charge in [-0.2, -0.15) is 0 Å². The van der Waals surface area contributed by atoms with Crippen LogP contribution >= 0.6 is 15.9 Å². The lowest BCUT2D eigenvalue weighted by Gasteiger charge is -2.04. The lowest BCUT2D eigenvalue weighted by atomic mass is 10.2. The maximum Gasteiger partial charge on any atom is 0.140 e. The zero-order valence-electron chi connectivity index (χ0n) is 9.76. The standard InChI is InChI=1S/C13H11BrN4/c1-18-12-7-16-5-4-11(12)17-13(18)8-2-3-9(14)10(15)6-8/h2-7H,15H2,1H3. The molecule has 3 aromatic rings. The number of nitrogens with zero attached hydrogens (tertiary/aromatic N) is 3. The van der Waals surface area contributed by atoms with Gasteiger partial charge >= 0.3 is 0 Å². The molecule has 2 aromatic heterocycles. The molecule has 2 N–H and O–H groups in total. The minimum atomic E-state index is 0.706. The van der Waals surface area contributed by atoms with Crippen molar-refractivity contribution in [1.82, 2.24) is 14.5 Å². The highest BCUT2D eigenvalue weighted by Crippen LogP contribution is 2.28. The number of imidazole rings is 1. The van der Waals surface area contributed by atoms with Gasteiger partial charge in [0.15, 0.2) is 0 Å². The number of nitrogens with two attached hydrogens (primary N) is 1. The largest absolute Gasteiger partial charge is 0.398 e. The van der Waals surface area contributed by atoms with E-state index in [4.69, 9.17) is 5.73 Å². The van der Waals surface area contributed by atoms with Crippen molar-refractivity contribution >= 4 is 32.7 Å². The third-order valence-electron chi connectivity index (χ3n) is 2.94. The van der Waals surface area contributed by atoms with Gasteiger partial charge in [0.1, 0.15) is 5.82 Å². The average molecular weight is 303 g/mol. The number of benzene rings is 1. The van der Waals surface area contributed by atoms with Gasteiger partial charge in [-0.15, -0.1) is 0 Å². The molecule has 2 heterocycles. The summed E-state index contributed by atoms with van der Waals surface area (Å²) in [5, 5.41) is 0. The molecule has 0 radical (unpaired) electrons. The highest BCUT2D eigenvalue weighted by atomic mass is 79.9. The summed E-state index contributed by atoms with van der Waals surface area (Å²) in [6, 6.07) is 7.75. The summed E-state index contributed by atoms with van der Waals surface area (Å²) in [6.45, 7) is 0. The number of anilines is 1. The molecule has 0 spiro atoms. The fourth-order valence-electron chi connectivity index (χ4n) is 1.98. The molecule has 0 aliphatic rings. The highest BCUT2D eigenvalue weighted by molar-refractivity contribution is 9.10. The molecule has 0 aliphatic heterocycles. The summed E-state index contributed by atoms with van der Waals surface area (Å²) < 4.78 is 2.91. The number of fused-ring (bicyclic) bond motifs is 1. The Balaban J connectivity index is 2.25. The van der Waals surface area contributed by atoms with E-state index in [1.807, 2.05) is 42.1 Å². The van der Waals surface area contributed by atoms with Gasteiger partial charge in [0.25, 0.3) is 0 Å². The average Bonchev–Trinajstić information content (AvgIpc) is 2.71. The van der Waals surface area contributed by atoms with Crippen LogP contribution in [0.1, 0.15) is 0 Å². The van der Waals surface area contributed by atoms with E-state index in [0.29, 0.717) is 5.69 Å². The van der Waals surface area contributed by atoms with Crippen molar-refractivity contribution in [2.24, 2.45) is 7.05 Å². The number of aromatic nitrogens is 3. The van der Waals surface area contributed by atoms with Crippen LogP contribution in [0.15, 0.2) is 41.1 Å². The molecule has 0 atom stereocenters. The lowest BCUT2D eigenvalue weighted by Crippen LogP contribution is -1.94. The SMILES string of the molecule is Cn1c(-c2ccc(Br)c(N)c2)nc2ccncc21. The smallest absolute Gasteiger partial charge is 0.140 e. The number of pyridine rings is 1. The zero-order chi connectivity index (χ0) is 12.7. The van der Waals surface area contributed by atoms with Crippen LogP contribution in [0.25, 0.3) is 22.4 Å². The number of aryl methyl sites for hydroxylation is 1. The molecule has 0 unspecified atom stereocenters. The molecule has 0 aliphatic carbocycles. The van der Waals surface area contributed by atoms with E-state index in [9.17, 15) is 0 Å². The second-order valence-electron chi connectivity index (χ2n) is 4.10. The van der Waals surface area contributed by atoms with Crippen LogP contribution in [0.2, 0.25) is 0 Å². The molecule has 4 nitrogen and oxygen atoms in total. The van der Waals surface area contributed by atoms with Crippen molar-refractivity contribution in [2.45, 2.75) is 0 Å². The molecular formula is C13H11BrN4. The second-order valence-corrected chi connectivity index (χ2v) is 4.95. The molecular weight excluding hydrogens is 292 g/mol. The third-order valence-corrected chi connectivity index (χ3v) is 3.66. The Morgan fingerprint density at radius 1 is 1.28 bits per heavy atom. The monoisotopic (exact) mass is 302 g/mol. The first-order valence-corrected chi connectivity index (χ1v) is 6.28. The van der Waals surface area contributed by atoms with Crippen molar-refractivity contribution < 1.29 is 0 Å². The Morgan fingerprint density at radius 2 is 2.11 bits per heavy atom. The Hall–Kier alpha value is -1.88. The lowest BCUT2D eigenvalue weighted by molar-refractivity contribution is 0.956. The Labute approximate surface area is 113 Å². The molecule has 0 saturated carbocycles. The van der Waals surface area contributed by atoms with E-state index < -0.39 is 0 Å². The van der Waals surface area contributed by atoms with Crippen molar-refractivity contribution in [1.29, 1.82) is 0 Å². The van der Waals surface area contributed by atoms with Gasteiger partial charge in [-0.3, -0.25) is 4.98 Å². The molecule has 5 heteroatoms. The molecule has 3 rings (SSSR count). The summed E-state index contributed by atoms with van der Waals surface area (Å²) in [4.78, 5) is 8.72. The van der Waals surface area contributed by atoms with Crippen LogP contribution in [-0.4, -0.2) is 14.5 Å². The molecule has 90 valence electrons. The number of rotatable bonds is 1.